The van der Waals surface area contributed by atoms with Crippen molar-refractivity contribution in [1.29, 1.82) is 0 Å². The molecule has 0 radical (unpaired) electrons. The summed E-state index contributed by atoms with van der Waals surface area (Å²) in [5, 5.41) is 2.84. The molecule has 4 nitrogen and oxygen atoms in total. The highest BCUT2D eigenvalue weighted by molar-refractivity contribution is 9.10. The first-order chi connectivity index (χ1) is 8.66. The SMILES string of the molecule is CCCOCCCNC(=O)c1cccc(N)c1Br. The van der Waals surface area contributed by atoms with E-state index in [0.29, 0.717) is 28.9 Å². The normalized spacial score (nSPS) is 10.3. The van der Waals surface area contributed by atoms with Crippen LogP contribution >= 0.6 is 15.9 Å². The first-order valence-electron chi connectivity index (χ1n) is 6.06. The van der Waals surface area contributed by atoms with E-state index in [1.54, 1.807) is 18.2 Å². The number of ether oxygens (including phenoxy) is 1. The number of carbonyl (C=O) groups is 1. The van der Waals surface area contributed by atoms with Gasteiger partial charge in [-0.1, -0.05) is 13.0 Å². The third kappa shape index (κ3) is 4.66. The molecule has 0 aliphatic heterocycles. The predicted octanol–water partition coefficient (Wildman–Crippen LogP) is 2.58. The number of nitrogens with two attached hydrogens (primary N) is 1. The number of anilines is 1. The molecule has 1 aromatic carbocycles. The Morgan fingerprint density at radius 3 is 2.94 bits per heavy atom. The van der Waals surface area contributed by atoms with Crippen molar-refractivity contribution in [3.05, 3.63) is 28.2 Å². The third-order valence-electron chi connectivity index (χ3n) is 2.37. The molecule has 0 unspecified atom stereocenters. The number of rotatable bonds is 7. The molecule has 0 bridgehead atoms. The number of nitrogens with one attached hydrogen (secondary N) is 1. The van der Waals surface area contributed by atoms with Gasteiger partial charge in [0.1, 0.15) is 0 Å². The fourth-order valence-corrected chi connectivity index (χ4v) is 1.89. The molecule has 0 heterocycles. The molecule has 1 aromatic rings. The standard InChI is InChI=1S/C13H19BrN2O2/c1-2-8-18-9-4-7-16-13(17)10-5-3-6-11(15)12(10)14/h3,5-6H,2,4,7-9,15H2,1H3,(H,16,17). The highest BCUT2D eigenvalue weighted by Crippen LogP contribution is 2.23. The molecule has 0 aromatic heterocycles. The zero-order valence-corrected chi connectivity index (χ0v) is 12.1. The van der Waals surface area contributed by atoms with Crippen LogP contribution in [-0.4, -0.2) is 25.7 Å². The van der Waals surface area contributed by atoms with Crippen LogP contribution in [-0.2, 0) is 4.74 Å². The van der Waals surface area contributed by atoms with Crippen molar-refractivity contribution >= 4 is 27.5 Å². The number of amides is 1. The number of hydrogen-bond donors (Lipinski definition) is 2. The molecule has 1 amide bonds. The van der Waals surface area contributed by atoms with Gasteiger partial charge in [-0.2, -0.15) is 0 Å². The lowest BCUT2D eigenvalue weighted by Gasteiger charge is -2.08. The maximum atomic E-state index is 11.9. The van der Waals surface area contributed by atoms with Crippen molar-refractivity contribution < 1.29 is 9.53 Å². The summed E-state index contributed by atoms with van der Waals surface area (Å²) in [6.07, 6.45) is 1.83. The summed E-state index contributed by atoms with van der Waals surface area (Å²) >= 11 is 3.31. The molecule has 0 fully saturated rings. The monoisotopic (exact) mass is 314 g/mol. The Morgan fingerprint density at radius 1 is 1.44 bits per heavy atom. The number of hydrogen-bond acceptors (Lipinski definition) is 3. The van der Waals surface area contributed by atoms with Crippen LogP contribution in [0, 0.1) is 0 Å². The van der Waals surface area contributed by atoms with Gasteiger partial charge < -0.3 is 15.8 Å². The molecule has 100 valence electrons. The van der Waals surface area contributed by atoms with Crippen LogP contribution in [0.15, 0.2) is 22.7 Å². The minimum Gasteiger partial charge on any atom is -0.398 e. The summed E-state index contributed by atoms with van der Waals surface area (Å²) < 4.78 is 5.98. The Bertz CT molecular complexity index is 397. The van der Waals surface area contributed by atoms with Crippen molar-refractivity contribution in [3.8, 4) is 0 Å². The van der Waals surface area contributed by atoms with Gasteiger partial charge in [0.05, 0.1) is 10.0 Å². The fraction of sp³-hybridized carbons (Fsp3) is 0.462. The second-order valence-electron chi connectivity index (χ2n) is 3.93. The molecule has 1 rings (SSSR count). The minimum absolute atomic E-state index is 0.121. The van der Waals surface area contributed by atoms with Gasteiger partial charge in [-0.05, 0) is 40.9 Å². The summed E-state index contributed by atoms with van der Waals surface area (Å²) in [6, 6.07) is 5.25. The van der Waals surface area contributed by atoms with Crippen molar-refractivity contribution in [2.45, 2.75) is 19.8 Å². The number of nitrogen functional groups attached to an aromatic ring is 1. The van der Waals surface area contributed by atoms with Crippen molar-refractivity contribution in [1.82, 2.24) is 5.32 Å². The van der Waals surface area contributed by atoms with Crippen LogP contribution in [0.2, 0.25) is 0 Å². The first-order valence-corrected chi connectivity index (χ1v) is 6.86. The highest BCUT2D eigenvalue weighted by atomic mass is 79.9. The van der Waals surface area contributed by atoms with E-state index < -0.39 is 0 Å². The number of carbonyl (C=O) groups excluding carboxylic acids is 1. The van der Waals surface area contributed by atoms with E-state index in [4.69, 9.17) is 10.5 Å². The number of benzene rings is 1. The Kier molecular flexibility index (Phi) is 6.75. The summed E-state index contributed by atoms with van der Waals surface area (Å²) in [5.74, 6) is -0.121. The zero-order valence-electron chi connectivity index (χ0n) is 10.5. The molecular weight excluding hydrogens is 296 g/mol. The van der Waals surface area contributed by atoms with Crippen LogP contribution in [0.25, 0.3) is 0 Å². The zero-order chi connectivity index (χ0) is 13.4. The van der Waals surface area contributed by atoms with Gasteiger partial charge in [0, 0.05) is 25.4 Å². The molecule has 0 aliphatic carbocycles. The Morgan fingerprint density at radius 2 is 2.22 bits per heavy atom. The first kappa shape index (κ1) is 15.0. The maximum absolute atomic E-state index is 11.9. The van der Waals surface area contributed by atoms with E-state index >= 15 is 0 Å². The summed E-state index contributed by atoms with van der Waals surface area (Å²) in [7, 11) is 0. The van der Waals surface area contributed by atoms with Gasteiger partial charge >= 0.3 is 0 Å². The Balaban J connectivity index is 2.35. The van der Waals surface area contributed by atoms with Gasteiger partial charge in [-0.3, -0.25) is 4.79 Å². The van der Waals surface area contributed by atoms with Crippen molar-refractivity contribution in [2.24, 2.45) is 0 Å². The molecule has 0 saturated heterocycles. The van der Waals surface area contributed by atoms with Gasteiger partial charge in [0.25, 0.3) is 5.91 Å². The van der Waals surface area contributed by atoms with Gasteiger partial charge in [-0.25, -0.2) is 0 Å². The number of halogens is 1. The average Bonchev–Trinajstić information content (AvgIpc) is 2.36. The lowest BCUT2D eigenvalue weighted by molar-refractivity contribution is 0.0940. The molecule has 18 heavy (non-hydrogen) atoms. The predicted molar refractivity (Wildman–Crippen MR) is 76.6 cm³/mol. The molecule has 0 aliphatic rings. The second-order valence-corrected chi connectivity index (χ2v) is 4.72. The van der Waals surface area contributed by atoms with E-state index in [1.165, 1.54) is 0 Å². The Labute approximate surface area is 116 Å². The average molecular weight is 315 g/mol. The molecular formula is C13H19BrN2O2. The van der Waals surface area contributed by atoms with Gasteiger partial charge in [0.15, 0.2) is 0 Å². The molecule has 0 atom stereocenters. The van der Waals surface area contributed by atoms with Crippen LogP contribution in [0.5, 0.6) is 0 Å². The maximum Gasteiger partial charge on any atom is 0.252 e. The van der Waals surface area contributed by atoms with E-state index in [2.05, 4.69) is 28.2 Å². The molecule has 3 N–H and O–H groups in total. The Hall–Kier alpha value is -1.07. The summed E-state index contributed by atoms with van der Waals surface area (Å²) in [5.41, 5.74) is 6.84. The fourth-order valence-electron chi connectivity index (χ4n) is 1.44. The van der Waals surface area contributed by atoms with E-state index in [1.807, 2.05) is 0 Å². The van der Waals surface area contributed by atoms with Gasteiger partial charge in [-0.15, -0.1) is 0 Å². The lowest BCUT2D eigenvalue weighted by atomic mass is 10.2. The van der Waals surface area contributed by atoms with Gasteiger partial charge in [0.2, 0.25) is 0 Å². The lowest BCUT2D eigenvalue weighted by Crippen LogP contribution is -2.25. The van der Waals surface area contributed by atoms with Crippen molar-refractivity contribution in [2.75, 3.05) is 25.5 Å². The molecule has 5 heteroatoms. The van der Waals surface area contributed by atoms with Crippen LogP contribution in [0.3, 0.4) is 0 Å². The summed E-state index contributed by atoms with van der Waals surface area (Å²) in [4.78, 5) is 11.9. The second kappa shape index (κ2) is 8.11. The van der Waals surface area contributed by atoms with Crippen LogP contribution < -0.4 is 11.1 Å². The summed E-state index contributed by atoms with van der Waals surface area (Å²) in [6.45, 7) is 4.11. The molecule has 0 spiro atoms. The van der Waals surface area contributed by atoms with Crippen molar-refractivity contribution in [3.63, 3.8) is 0 Å². The molecule has 0 saturated carbocycles. The van der Waals surface area contributed by atoms with Crippen LogP contribution in [0.1, 0.15) is 30.1 Å². The van der Waals surface area contributed by atoms with E-state index in [0.717, 1.165) is 19.4 Å². The van der Waals surface area contributed by atoms with Crippen LogP contribution in [0.4, 0.5) is 5.69 Å². The smallest absolute Gasteiger partial charge is 0.252 e. The topological polar surface area (TPSA) is 64.3 Å². The largest absolute Gasteiger partial charge is 0.398 e. The third-order valence-corrected chi connectivity index (χ3v) is 3.26. The quantitative estimate of drug-likeness (QED) is 0.600. The van der Waals surface area contributed by atoms with E-state index in [9.17, 15) is 4.79 Å². The highest BCUT2D eigenvalue weighted by Gasteiger charge is 2.10. The van der Waals surface area contributed by atoms with E-state index in [-0.39, 0.29) is 5.91 Å². The minimum atomic E-state index is -0.121.